The Morgan fingerprint density at radius 2 is 1.92 bits per heavy atom. The highest BCUT2D eigenvalue weighted by atomic mass is 32.1. The number of nitrogens with zero attached hydrogens (tertiary/aromatic N) is 2. The fraction of sp³-hybridized carbons (Fsp3) is 0.500. The molecule has 2 aliphatic rings. The van der Waals surface area contributed by atoms with E-state index in [2.05, 4.69) is 29.4 Å². The van der Waals surface area contributed by atoms with Gasteiger partial charge in [-0.05, 0) is 44.7 Å². The predicted molar refractivity (Wildman–Crippen MR) is 101 cm³/mol. The van der Waals surface area contributed by atoms with Crippen LogP contribution in [0.5, 0.6) is 0 Å². The van der Waals surface area contributed by atoms with Gasteiger partial charge in [-0.15, -0.1) is 22.7 Å². The number of likely N-dealkylation sites (tertiary alicyclic amines) is 1. The molecular weight excluding hydrogens is 354 g/mol. The first-order valence-electron chi connectivity index (χ1n) is 8.72. The number of aryl methyl sites for hydroxylation is 1. The summed E-state index contributed by atoms with van der Waals surface area (Å²) in [6.07, 6.45) is 3.56. The summed E-state index contributed by atoms with van der Waals surface area (Å²) in [4.78, 5) is 33.4. The van der Waals surface area contributed by atoms with Gasteiger partial charge in [0, 0.05) is 35.2 Å². The lowest BCUT2D eigenvalue weighted by Crippen LogP contribution is -2.42. The highest BCUT2D eigenvalue weighted by molar-refractivity contribution is 7.17. The number of piperidine rings is 1. The molecule has 1 aliphatic heterocycles. The van der Waals surface area contributed by atoms with Crippen LogP contribution in [0.4, 0.5) is 5.13 Å². The normalized spacial score (nSPS) is 18.4. The molecule has 0 spiro atoms. The number of thiazole rings is 1. The fourth-order valence-corrected chi connectivity index (χ4v) is 4.79. The number of carbonyl (C=O) groups excluding carboxylic acids is 2. The van der Waals surface area contributed by atoms with Gasteiger partial charge in [0.2, 0.25) is 11.8 Å². The van der Waals surface area contributed by atoms with Gasteiger partial charge in [0.05, 0.1) is 10.6 Å². The molecule has 3 heterocycles. The van der Waals surface area contributed by atoms with E-state index in [0.717, 1.165) is 36.3 Å². The zero-order chi connectivity index (χ0) is 17.4. The number of carbonyl (C=O) groups is 2. The van der Waals surface area contributed by atoms with Crippen molar-refractivity contribution >= 4 is 39.6 Å². The smallest absolute Gasteiger partial charge is 0.229 e. The van der Waals surface area contributed by atoms with Crippen molar-refractivity contribution in [1.29, 1.82) is 0 Å². The highest BCUT2D eigenvalue weighted by Crippen LogP contribution is 2.33. The Kier molecular flexibility index (Phi) is 4.60. The number of thiophene rings is 1. The molecule has 1 N–H and O–H groups in total. The number of nitrogens with one attached hydrogen (secondary N) is 1. The average Bonchev–Trinajstić information content (AvgIpc) is 3.22. The van der Waals surface area contributed by atoms with E-state index in [1.807, 2.05) is 10.3 Å². The van der Waals surface area contributed by atoms with E-state index in [1.54, 1.807) is 11.3 Å². The third-order valence-electron chi connectivity index (χ3n) is 4.83. The zero-order valence-corrected chi connectivity index (χ0v) is 15.8. The van der Waals surface area contributed by atoms with Crippen molar-refractivity contribution < 1.29 is 9.59 Å². The van der Waals surface area contributed by atoms with Crippen LogP contribution in [-0.2, 0) is 9.59 Å². The maximum absolute atomic E-state index is 12.5. The number of aromatic nitrogens is 1. The van der Waals surface area contributed by atoms with Gasteiger partial charge in [0.25, 0.3) is 0 Å². The van der Waals surface area contributed by atoms with E-state index in [0.29, 0.717) is 18.2 Å². The molecule has 0 radical (unpaired) electrons. The summed E-state index contributed by atoms with van der Waals surface area (Å²) in [5, 5.41) is 5.60. The van der Waals surface area contributed by atoms with Crippen molar-refractivity contribution in [2.24, 2.45) is 11.8 Å². The van der Waals surface area contributed by atoms with Crippen LogP contribution in [0.15, 0.2) is 17.5 Å². The molecule has 1 saturated carbocycles. The molecule has 2 fully saturated rings. The SMILES string of the molecule is Cc1ccc(-c2csc(NC(=O)C3CCN(C(=O)C4CC4)CC3)n2)s1. The van der Waals surface area contributed by atoms with Crippen molar-refractivity contribution in [3.05, 3.63) is 22.4 Å². The van der Waals surface area contributed by atoms with Gasteiger partial charge >= 0.3 is 0 Å². The lowest BCUT2D eigenvalue weighted by atomic mass is 9.95. The van der Waals surface area contributed by atoms with Gasteiger partial charge in [0.15, 0.2) is 5.13 Å². The molecule has 2 amide bonds. The summed E-state index contributed by atoms with van der Waals surface area (Å²) in [5.74, 6) is 0.552. The molecule has 5 nitrogen and oxygen atoms in total. The first-order chi connectivity index (χ1) is 12.1. The Hall–Kier alpha value is -1.73. The van der Waals surface area contributed by atoms with Gasteiger partial charge in [-0.2, -0.15) is 0 Å². The van der Waals surface area contributed by atoms with Gasteiger partial charge in [-0.1, -0.05) is 0 Å². The van der Waals surface area contributed by atoms with Gasteiger partial charge in [0.1, 0.15) is 0 Å². The topological polar surface area (TPSA) is 62.3 Å². The molecular formula is C18H21N3O2S2. The first-order valence-corrected chi connectivity index (χ1v) is 10.4. The second kappa shape index (κ2) is 6.88. The van der Waals surface area contributed by atoms with Gasteiger partial charge < -0.3 is 10.2 Å². The molecule has 0 unspecified atom stereocenters. The zero-order valence-electron chi connectivity index (χ0n) is 14.2. The minimum absolute atomic E-state index is 0.0282. The summed E-state index contributed by atoms with van der Waals surface area (Å²) < 4.78 is 0. The van der Waals surface area contributed by atoms with E-state index in [1.165, 1.54) is 16.2 Å². The molecule has 7 heteroatoms. The number of anilines is 1. The van der Waals surface area contributed by atoms with E-state index >= 15 is 0 Å². The van der Waals surface area contributed by atoms with Crippen LogP contribution >= 0.6 is 22.7 Å². The standard InChI is InChI=1S/C18H21N3O2S2/c1-11-2-5-15(25-11)14-10-24-18(19-14)20-16(22)12-6-8-21(9-7-12)17(23)13-3-4-13/h2,5,10,12-13H,3-4,6-9H2,1H3,(H,19,20,22). The van der Waals surface area contributed by atoms with Crippen LogP contribution in [0.2, 0.25) is 0 Å². The van der Waals surface area contributed by atoms with Crippen LogP contribution in [0, 0.1) is 18.8 Å². The molecule has 2 aromatic heterocycles. The Morgan fingerprint density at radius 1 is 1.16 bits per heavy atom. The van der Waals surface area contributed by atoms with E-state index in [-0.39, 0.29) is 23.7 Å². The molecule has 25 heavy (non-hydrogen) atoms. The van der Waals surface area contributed by atoms with E-state index in [9.17, 15) is 9.59 Å². The molecule has 1 aliphatic carbocycles. The van der Waals surface area contributed by atoms with Gasteiger partial charge in [-0.25, -0.2) is 4.98 Å². The summed E-state index contributed by atoms with van der Waals surface area (Å²) in [6, 6.07) is 4.14. The number of hydrogen-bond donors (Lipinski definition) is 1. The largest absolute Gasteiger partial charge is 0.342 e. The van der Waals surface area contributed by atoms with Crippen LogP contribution in [-0.4, -0.2) is 34.8 Å². The Labute approximate surface area is 155 Å². The second-order valence-corrected chi connectivity index (χ2v) is 8.96. The number of amides is 2. The molecule has 0 aromatic carbocycles. The third-order valence-corrected chi connectivity index (χ3v) is 6.61. The Morgan fingerprint density at radius 3 is 2.56 bits per heavy atom. The monoisotopic (exact) mass is 375 g/mol. The van der Waals surface area contributed by atoms with Crippen molar-refractivity contribution in [1.82, 2.24) is 9.88 Å². The highest BCUT2D eigenvalue weighted by Gasteiger charge is 2.36. The minimum Gasteiger partial charge on any atom is -0.342 e. The lowest BCUT2D eigenvalue weighted by Gasteiger charge is -2.31. The quantitative estimate of drug-likeness (QED) is 0.885. The fourth-order valence-electron chi connectivity index (χ4n) is 3.17. The lowest BCUT2D eigenvalue weighted by molar-refractivity contribution is -0.135. The van der Waals surface area contributed by atoms with Crippen molar-refractivity contribution in [2.45, 2.75) is 32.6 Å². The molecule has 2 aromatic rings. The molecule has 1 saturated heterocycles. The van der Waals surface area contributed by atoms with E-state index < -0.39 is 0 Å². The first kappa shape index (κ1) is 16.7. The van der Waals surface area contributed by atoms with Crippen molar-refractivity contribution in [2.75, 3.05) is 18.4 Å². The van der Waals surface area contributed by atoms with Gasteiger partial charge in [-0.3, -0.25) is 9.59 Å². The molecule has 0 bridgehead atoms. The third kappa shape index (κ3) is 3.77. The van der Waals surface area contributed by atoms with Crippen LogP contribution in [0.1, 0.15) is 30.6 Å². The Balaban J connectivity index is 1.32. The molecule has 4 rings (SSSR count). The summed E-state index contributed by atoms with van der Waals surface area (Å²) >= 11 is 3.17. The predicted octanol–water partition coefficient (Wildman–Crippen LogP) is 3.77. The summed E-state index contributed by atoms with van der Waals surface area (Å²) in [7, 11) is 0. The van der Waals surface area contributed by atoms with Crippen LogP contribution < -0.4 is 5.32 Å². The summed E-state index contributed by atoms with van der Waals surface area (Å²) in [6.45, 7) is 3.47. The number of rotatable bonds is 4. The van der Waals surface area contributed by atoms with Crippen LogP contribution in [0.25, 0.3) is 10.6 Å². The Bertz CT molecular complexity index is 786. The molecule has 0 atom stereocenters. The van der Waals surface area contributed by atoms with Crippen molar-refractivity contribution in [3.8, 4) is 10.6 Å². The van der Waals surface area contributed by atoms with E-state index in [4.69, 9.17) is 0 Å². The maximum Gasteiger partial charge on any atom is 0.229 e. The number of hydrogen-bond acceptors (Lipinski definition) is 5. The van der Waals surface area contributed by atoms with Crippen LogP contribution in [0.3, 0.4) is 0 Å². The second-order valence-electron chi connectivity index (χ2n) is 6.81. The van der Waals surface area contributed by atoms with Crippen molar-refractivity contribution in [3.63, 3.8) is 0 Å². The summed E-state index contributed by atoms with van der Waals surface area (Å²) in [5.41, 5.74) is 0.920. The molecule has 132 valence electrons. The average molecular weight is 376 g/mol. The minimum atomic E-state index is -0.0282. The maximum atomic E-state index is 12.5.